The van der Waals surface area contributed by atoms with Gasteiger partial charge in [-0.1, -0.05) is 26.0 Å². The Morgan fingerprint density at radius 2 is 1.78 bits per heavy atom. The molecule has 0 fully saturated rings. The Morgan fingerprint density at radius 1 is 1.09 bits per heavy atom. The molecule has 172 valence electrons. The van der Waals surface area contributed by atoms with Crippen LogP contribution in [0.3, 0.4) is 0 Å². The first-order valence-corrected chi connectivity index (χ1v) is 11.5. The Hall–Kier alpha value is -2.98. The average Bonchev–Trinajstić information content (AvgIpc) is 3.00. The zero-order chi connectivity index (χ0) is 23.3. The fourth-order valence-corrected chi connectivity index (χ4v) is 4.41. The zero-order valence-electron chi connectivity index (χ0n) is 17.7. The van der Waals surface area contributed by atoms with E-state index in [9.17, 15) is 22.4 Å². The van der Waals surface area contributed by atoms with Gasteiger partial charge < -0.3 is 14.2 Å². The van der Waals surface area contributed by atoms with E-state index < -0.39 is 51.1 Å². The molecule has 1 atom stereocenters. The maximum absolute atomic E-state index is 13.9. The second kappa shape index (κ2) is 10.1. The lowest BCUT2D eigenvalue weighted by atomic mass is 10.1. The number of carbonyl (C=O) groups is 2. The molecule has 8 nitrogen and oxygen atoms in total. The van der Waals surface area contributed by atoms with Crippen LogP contribution in [0.5, 0.6) is 11.5 Å². The van der Waals surface area contributed by atoms with Crippen LogP contribution in [0.25, 0.3) is 0 Å². The summed E-state index contributed by atoms with van der Waals surface area (Å²) < 4.78 is 57.3. The van der Waals surface area contributed by atoms with E-state index >= 15 is 0 Å². The molecule has 0 amide bonds. The van der Waals surface area contributed by atoms with Crippen molar-refractivity contribution in [2.75, 3.05) is 19.8 Å². The second-order valence-corrected chi connectivity index (χ2v) is 9.20. The summed E-state index contributed by atoms with van der Waals surface area (Å²) in [4.78, 5) is 24.5. The van der Waals surface area contributed by atoms with Gasteiger partial charge in [0, 0.05) is 12.0 Å². The van der Waals surface area contributed by atoms with Crippen LogP contribution in [0.15, 0.2) is 47.4 Å². The largest absolute Gasteiger partial charge is 0.490 e. The van der Waals surface area contributed by atoms with Crippen molar-refractivity contribution in [2.45, 2.75) is 31.2 Å². The van der Waals surface area contributed by atoms with E-state index in [4.69, 9.17) is 14.2 Å². The maximum Gasteiger partial charge on any atom is 0.324 e. The van der Waals surface area contributed by atoms with Crippen molar-refractivity contribution < 1.29 is 36.6 Å². The molecule has 1 aliphatic rings. The summed E-state index contributed by atoms with van der Waals surface area (Å²) >= 11 is 0. The number of sulfonamides is 1. The lowest BCUT2D eigenvalue weighted by molar-refractivity contribution is -0.145. The first kappa shape index (κ1) is 23.7. The highest BCUT2D eigenvalue weighted by molar-refractivity contribution is 7.89. The Kier molecular flexibility index (Phi) is 7.47. The normalized spacial score (nSPS) is 14.5. The number of hydrogen-bond acceptors (Lipinski definition) is 7. The summed E-state index contributed by atoms with van der Waals surface area (Å²) in [7, 11) is -4.33. The van der Waals surface area contributed by atoms with Gasteiger partial charge in [0.1, 0.15) is 16.8 Å². The minimum Gasteiger partial charge on any atom is -0.490 e. The van der Waals surface area contributed by atoms with E-state index in [0.29, 0.717) is 24.7 Å². The monoisotopic (exact) mass is 465 g/mol. The van der Waals surface area contributed by atoms with Crippen molar-refractivity contribution in [3.8, 4) is 11.5 Å². The van der Waals surface area contributed by atoms with Gasteiger partial charge >= 0.3 is 5.97 Å². The molecule has 1 aliphatic heterocycles. The van der Waals surface area contributed by atoms with Crippen LogP contribution in [0, 0.1) is 11.7 Å². The molecule has 0 radical (unpaired) electrons. The number of hydrogen-bond donors (Lipinski definition) is 1. The number of fused-ring (bicyclic) bond motifs is 1. The van der Waals surface area contributed by atoms with Crippen LogP contribution in [0.1, 0.15) is 30.6 Å². The van der Waals surface area contributed by atoms with Crippen molar-refractivity contribution in [3.63, 3.8) is 0 Å². The van der Waals surface area contributed by atoms with Crippen LogP contribution in [0.4, 0.5) is 4.39 Å². The smallest absolute Gasteiger partial charge is 0.324 e. The van der Waals surface area contributed by atoms with E-state index in [1.54, 1.807) is 19.9 Å². The van der Waals surface area contributed by atoms with Crippen molar-refractivity contribution >= 4 is 21.8 Å². The predicted octanol–water partition coefficient (Wildman–Crippen LogP) is 2.72. The molecule has 10 heteroatoms. The molecule has 1 N–H and O–H groups in total. The topological polar surface area (TPSA) is 108 Å². The summed E-state index contributed by atoms with van der Waals surface area (Å²) in [5.74, 6) is -1.94. The number of carbonyl (C=O) groups excluding carboxylic acids is 2. The molecule has 0 aromatic heterocycles. The molecule has 0 aliphatic carbocycles. The molecule has 32 heavy (non-hydrogen) atoms. The summed E-state index contributed by atoms with van der Waals surface area (Å²) in [6, 6.07) is 8.16. The van der Waals surface area contributed by atoms with Crippen molar-refractivity contribution in [2.24, 2.45) is 5.92 Å². The van der Waals surface area contributed by atoms with E-state index in [1.807, 2.05) is 0 Å². The van der Waals surface area contributed by atoms with E-state index in [2.05, 4.69) is 4.72 Å². The molecule has 0 saturated carbocycles. The van der Waals surface area contributed by atoms with Gasteiger partial charge in [0.15, 0.2) is 23.9 Å². The fourth-order valence-electron chi connectivity index (χ4n) is 3.00. The fraction of sp³-hybridized carbons (Fsp3) is 0.364. The predicted molar refractivity (Wildman–Crippen MR) is 113 cm³/mol. The SMILES string of the molecule is CC(C)[C@H](NS(=O)(=O)c1ccccc1F)C(=O)OCC(=O)c1ccc2c(c1)OCCCO2. The number of benzene rings is 2. The number of ketones is 1. The summed E-state index contributed by atoms with van der Waals surface area (Å²) in [6.07, 6.45) is 0.717. The summed E-state index contributed by atoms with van der Waals surface area (Å²) in [6.45, 7) is 3.57. The molecule has 0 bridgehead atoms. The minimum absolute atomic E-state index is 0.259. The van der Waals surface area contributed by atoms with Crippen LogP contribution < -0.4 is 14.2 Å². The molecule has 1 heterocycles. The van der Waals surface area contributed by atoms with Gasteiger partial charge in [-0.25, -0.2) is 12.8 Å². The number of halogens is 1. The molecule has 0 spiro atoms. The number of Topliss-reactive ketones (excluding diaryl/α,β-unsaturated/α-hetero) is 1. The number of esters is 1. The molecule has 0 saturated heterocycles. The zero-order valence-corrected chi connectivity index (χ0v) is 18.5. The first-order chi connectivity index (χ1) is 15.2. The van der Waals surface area contributed by atoms with Gasteiger partial charge in [-0.3, -0.25) is 9.59 Å². The first-order valence-electron chi connectivity index (χ1n) is 10.1. The molecular weight excluding hydrogens is 441 g/mol. The third kappa shape index (κ3) is 5.63. The van der Waals surface area contributed by atoms with Crippen LogP contribution in [-0.2, 0) is 19.6 Å². The van der Waals surface area contributed by atoms with E-state index in [1.165, 1.54) is 24.3 Å². The Bertz CT molecular complexity index is 1100. The Balaban J connectivity index is 1.67. The van der Waals surface area contributed by atoms with Gasteiger partial charge in [0.05, 0.1) is 13.2 Å². The lowest BCUT2D eigenvalue weighted by Gasteiger charge is -2.21. The highest BCUT2D eigenvalue weighted by Gasteiger charge is 2.31. The van der Waals surface area contributed by atoms with E-state index in [-0.39, 0.29) is 5.56 Å². The summed E-state index contributed by atoms with van der Waals surface area (Å²) in [5.41, 5.74) is 0.259. The highest BCUT2D eigenvalue weighted by Crippen LogP contribution is 2.30. The number of nitrogens with one attached hydrogen (secondary N) is 1. The van der Waals surface area contributed by atoms with Gasteiger partial charge in [-0.15, -0.1) is 0 Å². The van der Waals surface area contributed by atoms with Gasteiger partial charge in [0.25, 0.3) is 0 Å². The maximum atomic E-state index is 13.9. The van der Waals surface area contributed by atoms with Gasteiger partial charge in [0.2, 0.25) is 10.0 Å². The molecule has 2 aromatic rings. The molecule has 0 unspecified atom stereocenters. The van der Waals surface area contributed by atoms with Gasteiger partial charge in [-0.2, -0.15) is 4.72 Å². The molecular formula is C22H24FNO7S. The van der Waals surface area contributed by atoms with Crippen LogP contribution in [0.2, 0.25) is 0 Å². The third-order valence-corrected chi connectivity index (χ3v) is 6.22. The average molecular weight is 465 g/mol. The van der Waals surface area contributed by atoms with Crippen LogP contribution >= 0.6 is 0 Å². The molecule has 3 rings (SSSR count). The van der Waals surface area contributed by atoms with Gasteiger partial charge in [-0.05, 0) is 36.2 Å². The highest BCUT2D eigenvalue weighted by atomic mass is 32.2. The molecule has 2 aromatic carbocycles. The quantitative estimate of drug-likeness (QED) is 0.472. The number of rotatable bonds is 8. The van der Waals surface area contributed by atoms with E-state index in [0.717, 1.165) is 18.6 Å². The minimum atomic E-state index is -4.33. The van der Waals surface area contributed by atoms with Crippen molar-refractivity contribution in [1.82, 2.24) is 4.72 Å². The lowest BCUT2D eigenvalue weighted by Crippen LogP contribution is -2.45. The second-order valence-electron chi connectivity index (χ2n) is 7.52. The number of ether oxygens (including phenoxy) is 3. The van der Waals surface area contributed by atoms with Crippen molar-refractivity contribution in [3.05, 3.63) is 53.8 Å². The standard InChI is InChI=1S/C22H24FNO7S/c1-14(2)21(24-32(27,28)20-7-4-3-6-16(20)23)22(26)31-13-17(25)15-8-9-18-19(12-15)30-11-5-10-29-18/h3-4,6-9,12,14,21,24H,5,10-11,13H2,1-2H3/t21-/m0/s1. The third-order valence-electron chi connectivity index (χ3n) is 4.74. The van der Waals surface area contributed by atoms with Crippen LogP contribution in [-0.4, -0.2) is 46.0 Å². The summed E-state index contributed by atoms with van der Waals surface area (Å²) in [5, 5.41) is 0. The Labute approximate surface area is 185 Å². The Morgan fingerprint density at radius 3 is 2.47 bits per heavy atom. The van der Waals surface area contributed by atoms with Crippen molar-refractivity contribution in [1.29, 1.82) is 0 Å².